The Hall–Kier alpha value is -1.20. The molecule has 1 aliphatic heterocycles. The number of hydrogen-bond donors (Lipinski definition) is 0. The number of rotatable bonds is 2. The van der Waals surface area contributed by atoms with Gasteiger partial charge in [0.15, 0.2) is 0 Å². The number of allylic oxidation sites excluding steroid dienone is 2. The Morgan fingerprint density at radius 1 is 1.40 bits per heavy atom. The second-order valence-electron chi connectivity index (χ2n) is 3.45. The molecule has 0 fully saturated rings. The first-order valence-corrected chi connectivity index (χ1v) is 6.03. The van der Waals surface area contributed by atoms with Gasteiger partial charge in [-0.15, -0.1) is 6.42 Å². The summed E-state index contributed by atoms with van der Waals surface area (Å²) in [6.45, 7) is 0.633. The lowest BCUT2D eigenvalue weighted by molar-refractivity contribution is 0.970. The summed E-state index contributed by atoms with van der Waals surface area (Å²) in [7, 11) is 0. The van der Waals surface area contributed by atoms with Crippen molar-refractivity contribution < 1.29 is 0 Å². The molecule has 15 heavy (non-hydrogen) atoms. The van der Waals surface area contributed by atoms with Crippen LogP contribution < -0.4 is 4.90 Å². The third-order valence-electron chi connectivity index (χ3n) is 2.57. The number of fused-ring (bicyclic) bond motifs is 1. The van der Waals surface area contributed by atoms with Gasteiger partial charge in [0.2, 0.25) is 0 Å². The van der Waals surface area contributed by atoms with Gasteiger partial charge in [-0.3, -0.25) is 0 Å². The van der Waals surface area contributed by atoms with E-state index in [0.29, 0.717) is 6.54 Å². The summed E-state index contributed by atoms with van der Waals surface area (Å²) in [5.41, 5.74) is 3.84. The molecule has 0 atom stereocenters. The van der Waals surface area contributed by atoms with Crippen molar-refractivity contribution in [3.05, 3.63) is 41.6 Å². The van der Waals surface area contributed by atoms with Crippen molar-refractivity contribution in [1.29, 1.82) is 0 Å². The standard InChI is InChI=1S/C13H12BrN/c1-2-9-15-12(10-14)8-7-11-5-3-4-6-13(11)15/h1,3-6,8H,7,9-10H2. The molecule has 0 N–H and O–H groups in total. The number of terminal acetylenes is 1. The number of para-hydroxylation sites is 1. The zero-order chi connectivity index (χ0) is 10.7. The van der Waals surface area contributed by atoms with E-state index in [0.717, 1.165) is 11.8 Å². The summed E-state index contributed by atoms with van der Waals surface area (Å²) in [6.07, 6.45) is 8.63. The normalized spacial score (nSPS) is 14.1. The Labute approximate surface area is 98.9 Å². The summed E-state index contributed by atoms with van der Waals surface area (Å²) < 4.78 is 0. The van der Waals surface area contributed by atoms with E-state index in [4.69, 9.17) is 6.42 Å². The molecule has 76 valence electrons. The quantitative estimate of drug-likeness (QED) is 0.585. The fourth-order valence-electron chi connectivity index (χ4n) is 1.84. The van der Waals surface area contributed by atoms with Crippen molar-refractivity contribution in [2.45, 2.75) is 6.42 Å². The highest BCUT2D eigenvalue weighted by Crippen LogP contribution is 2.29. The van der Waals surface area contributed by atoms with Crippen molar-refractivity contribution >= 4 is 21.6 Å². The molecule has 0 aliphatic carbocycles. The van der Waals surface area contributed by atoms with Crippen molar-refractivity contribution in [2.75, 3.05) is 16.8 Å². The summed E-state index contributed by atoms with van der Waals surface area (Å²) in [5.74, 6) is 2.71. The highest BCUT2D eigenvalue weighted by atomic mass is 79.9. The van der Waals surface area contributed by atoms with Gasteiger partial charge < -0.3 is 4.90 Å². The van der Waals surface area contributed by atoms with Crippen molar-refractivity contribution in [3.8, 4) is 12.3 Å². The van der Waals surface area contributed by atoms with E-state index in [2.05, 4.69) is 57.1 Å². The van der Waals surface area contributed by atoms with E-state index in [1.54, 1.807) is 0 Å². The van der Waals surface area contributed by atoms with E-state index < -0.39 is 0 Å². The van der Waals surface area contributed by atoms with Gasteiger partial charge in [0, 0.05) is 16.7 Å². The first-order chi connectivity index (χ1) is 7.36. The summed E-state index contributed by atoms with van der Waals surface area (Å²) in [5, 5.41) is 0.850. The minimum Gasteiger partial charge on any atom is -0.333 e. The second kappa shape index (κ2) is 4.55. The highest BCUT2D eigenvalue weighted by molar-refractivity contribution is 9.09. The molecule has 0 amide bonds. The number of hydrogen-bond acceptors (Lipinski definition) is 1. The number of halogens is 1. The summed E-state index contributed by atoms with van der Waals surface area (Å²) in [4.78, 5) is 2.19. The molecule has 0 saturated heterocycles. The number of nitrogens with zero attached hydrogens (tertiary/aromatic N) is 1. The van der Waals surface area contributed by atoms with Crippen molar-refractivity contribution in [3.63, 3.8) is 0 Å². The molecule has 0 saturated carbocycles. The first kappa shape index (κ1) is 10.3. The molecule has 0 spiro atoms. The van der Waals surface area contributed by atoms with Crippen LogP contribution >= 0.6 is 15.9 Å². The van der Waals surface area contributed by atoms with Crippen LogP contribution in [0.2, 0.25) is 0 Å². The van der Waals surface area contributed by atoms with Gasteiger partial charge in [-0.1, -0.05) is 46.1 Å². The van der Waals surface area contributed by atoms with Crippen LogP contribution in [0.15, 0.2) is 36.0 Å². The maximum Gasteiger partial charge on any atom is 0.0837 e. The molecule has 1 aliphatic rings. The third-order valence-corrected chi connectivity index (χ3v) is 3.15. The van der Waals surface area contributed by atoms with E-state index in [9.17, 15) is 0 Å². The Morgan fingerprint density at radius 2 is 2.20 bits per heavy atom. The minimum atomic E-state index is 0.633. The fourth-order valence-corrected chi connectivity index (χ4v) is 2.38. The van der Waals surface area contributed by atoms with Gasteiger partial charge in [0.05, 0.1) is 6.54 Å². The van der Waals surface area contributed by atoms with Gasteiger partial charge in [-0.2, -0.15) is 0 Å². The van der Waals surface area contributed by atoms with Gasteiger partial charge in [0.1, 0.15) is 0 Å². The van der Waals surface area contributed by atoms with Crippen LogP contribution in [0.5, 0.6) is 0 Å². The van der Waals surface area contributed by atoms with E-state index >= 15 is 0 Å². The molecule has 0 bridgehead atoms. The molecule has 2 rings (SSSR count). The van der Waals surface area contributed by atoms with Crippen LogP contribution in [0, 0.1) is 12.3 Å². The Bertz CT molecular complexity index is 428. The Morgan fingerprint density at radius 3 is 2.93 bits per heavy atom. The Kier molecular flexibility index (Phi) is 3.13. The molecule has 1 heterocycles. The topological polar surface area (TPSA) is 3.24 Å². The lowest BCUT2D eigenvalue weighted by Gasteiger charge is -2.30. The Balaban J connectivity index is 2.41. The first-order valence-electron chi connectivity index (χ1n) is 4.90. The molecule has 1 aromatic rings. The lowest BCUT2D eigenvalue weighted by Crippen LogP contribution is -2.27. The van der Waals surface area contributed by atoms with Crippen LogP contribution in [0.1, 0.15) is 5.56 Å². The molecule has 0 unspecified atom stereocenters. The van der Waals surface area contributed by atoms with Gasteiger partial charge >= 0.3 is 0 Å². The fraction of sp³-hybridized carbons (Fsp3) is 0.231. The van der Waals surface area contributed by atoms with E-state index in [-0.39, 0.29) is 0 Å². The smallest absolute Gasteiger partial charge is 0.0837 e. The number of benzene rings is 1. The molecule has 0 radical (unpaired) electrons. The zero-order valence-corrected chi connectivity index (χ0v) is 10.00. The number of alkyl halides is 1. The lowest BCUT2D eigenvalue weighted by atomic mass is 10.0. The third kappa shape index (κ3) is 1.93. The molecule has 2 heteroatoms. The maximum atomic E-state index is 5.40. The SMILES string of the molecule is C#CCN1C(CBr)=CCc2ccccc21. The predicted molar refractivity (Wildman–Crippen MR) is 68.2 cm³/mol. The molecular weight excluding hydrogens is 250 g/mol. The minimum absolute atomic E-state index is 0.633. The summed E-state index contributed by atoms with van der Waals surface area (Å²) >= 11 is 3.49. The maximum absolute atomic E-state index is 5.40. The van der Waals surface area contributed by atoms with Gasteiger partial charge in [0.25, 0.3) is 0 Å². The van der Waals surface area contributed by atoms with Crippen LogP contribution in [-0.4, -0.2) is 11.9 Å². The second-order valence-corrected chi connectivity index (χ2v) is 4.01. The van der Waals surface area contributed by atoms with Gasteiger partial charge in [-0.25, -0.2) is 0 Å². The molecule has 0 aromatic heterocycles. The van der Waals surface area contributed by atoms with Crippen LogP contribution in [0.25, 0.3) is 0 Å². The van der Waals surface area contributed by atoms with Gasteiger partial charge in [-0.05, 0) is 18.1 Å². The predicted octanol–water partition coefficient (Wildman–Crippen LogP) is 2.96. The van der Waals surface area contributed by atoms with Crippen LogP contribution in [0.4, 0.5) is 5.69 Å². The molecule has 1 aromatic carbocycles. The molecule has 1 nitrogen and oxygen atoms in total. The average molecular weight is 262 g/mol. The van der Waals surface area contributed by atoms with Crippen LogP contribution in [0.3, 0.4) is 0 Å². The highest BCUT2D eigenvalue weighted by Gasteiger charge is 2.17. The number of anilines is 1. The monoisotopic (exact) mass is 261 g/mol. The van der Waals surface area contributed by atoms with Crippen molar-refractivity contribution in [2.24, 2.45) is 0 Å². The van der Waals surface area contributed by atoms with E-state index in [1.807, 2.05) is 0 Å². The van der Waals surface area contributed by atoms with Crippen LogP contribution in [-0.2, 0) is 6.42 Å². The van der Waals surface area contributed by atoms with E-state index in [1.165, 1.54) is 16.9 Å². The zero-order valence-electron chi connectivity index (χ0n) is 8.41. The van der Waals surface area contributed by atoms with Crippen molar-refractivity contribution in [1.82, 2.24) is 0 Å². The summed E-state index contributed by atoms with van der Waals surface area (Å²) in [6, 6.07) is 8.40. The molecular formula is C13H12BrN. The average Bonchev–Trinajstić information content (AvgIpc) is 2.30. The largest absolute Gasteiger partial charge is 0.333 e.